The molecule has 3 rings (SSSR count). The maximum atomic E-state index is 12.3. The summed E-state index contributed by atoms with van der Waals surface area (Å²) in [6.45, 7) is 4.25. The van der Waals surface area contributed by atoms with Crippen LogP contribution >= 0.6 is 24.0 Å². The Labute approximate surface area is 172 Å². The van der Waals surface area contributed by atoms with E-state index in [1.54, 1.807) is 24.3 Å². The number of benzene rings is 2. The van der Waals surface area contributed by atoms with E-state index < -0.39 is 0 Å². The Balaban J connectivity index is 0.00000261. The SMILES string of the molecule is Cl.O=C(/C=C/c1ccccc1Cl)c1ccc(OCCCN2CCCC2)cc1. The van der Waals surface area contributed by atoms with Crippen molar-refractivity contribution in [3.63, 3.8) is 0 Å². The van der Waals surface area contributed by atoms with E-state index in [-0.39, 0.29) is 18.2 Å². The summed E-state index contributed by atoms with van der Waals surface area (Å²) in [5.41, 5.74) is 1.47. The van der Waals surface area contributed by atoms with Gasteiger partial charge in [-0.15, -0.1) is 12.4 Å². The molecule has 0 unspecified atom stereocenters. The number of rotatable bonds is 8. The maximum absolute atomic E-state index is 12.3. The molecule has 0 aromatic heterocycles. The molecule has 0 amide bonds. The summed E-state index contributed by atoms with van der Waals surface area (Å²) >= 11 is 6.09. The second-order valence-corrected chi connectivity index (χ2v) is 6.90. The van der Waals surface area contributed by atoms with Gasteiger partial charge in [0.2, 0.25) is 0 Å². The van der Waals surface area contributed by atoms with Gasteiger partial charge in [0.15, 0.2) is 5.78 Å². The van der Waals surface area contributed by atoms with Crippen LogP contribution in [0.1, 0.15) is 35.2 Å². The second-order valence-electron chi connectivity index (χ2n) is 6.49. The highest BCUT2D eigenvalue weighted by Crippen LogP contribution is 2.18. The van der Waals surface area contributed by atoms with Crippen LogP contribution in [0.15, 0.2) is 54.6 Å². The Kier molecular flexibility index (Phi) is 8.86. The van der Waals surface area contributed by atoms with E-state index in [2.05, 4.69) is 4.90 Å². The van der Waals surface area contributed by atoms with Gasteiger partial charge < -0.3 is 9.64 Å². The van der Waals surface area contributed by atoms with Gasteiger partial charge in [-0.05, 0) is 80.4 Å². The first kappa shape index (κ1) is 21.5. The molecular formula is C22H25Cl2NO2. The third-order valence-electron chi connectivity index (χ3n) is 4.54. The topological polar surface area (TPSA) is 29.5 Å². The largest absolute Gasteiger partial charge is 0.494 e. The third-order valence-corrected chi connectivity index (χ3v) is 4.89. The van der Waals surface area contributed by atoms with Crippen molar-refractivity contribution < 1.29 is 9.53 Å². The number of nitrogens with zero attached hydrogens (tertiary/aromatic N) is 1. The lowest BCUT2D eigenvalue weighted by molar-refractivity contribution is 0.104. The van der Waals surface area contributed by atoms with Gasteiger partial charge in [0.25, 0.3) is 0 Å². The van der Waals surface area contributed by atoms with Crippen molar-refractivity contribution >= 4 is 35.9 Å². The van der Waals surface area contributed by atoms with Crippen molar-refractivity contribution in [3.05, 3.63) is 70.8 Å². The molecule has 0 aliphatic carbocycles. The molecule has 1 fully saturated rings. The average Bonchev–Trinajstić information content (AvgIpc) is 3.18. The zero-order valence-electron chi connectivity index (χ0n) is 15.3. The van der Waals surface area contributed by atoms with Crippen LogP contribution in [0.2, 0.25) is 5.02 Å². The summed E-state index contributed by atoms with van der Waals surface area (Å²) in [6.07, 6.45) is 6.96. The van der Waals surface area contributed by atoms with Crippen LogP contribution in [-0.4, -0.2) is 36.9 Å². The molecule has 1 aliphatic heterocycles. The van der Waals surface area contributed by atoms with Crippen molar-refractivity contribution in [2.45, 2.75) is 19.3 Å². The highest BCUT2D eigenvalue weighted by Gasteiger charge is 2.10. The molecule has 0 spiro atoms. The highest BCUT2D eigenvalue weighted by atomic mass is 35.5. The third kappa shape index (κ3) is 6.69. The van der Waals surface area contributed by atoms with Gasteiger partial charge in [-0.1, -0.05) is 29.8 Å². The first-order chi connectivity index (χ1) is 12.7. The smallest absolute Gasteiger partial charge is 0.185 e. The van der Waals surface area contributed by atoms with Gasteiger partial charge in [0.05, 0.1) is 6.61 Å². The minimum atomic E-state index is -0.0505. The molecule has 3 nitrogen and oxygen atoms in total. The number of hydrogen-bond acceptors (Lipinski definition) is 3. The van der Waals surface area contributed by atoms with Crippen molar-refractivity contribution in [3.8, 4) is 5.75 Å². The number of likely N-dealkylation sites (tertiary alicyclic amines) is 1. The number of allylic oxidation sites excluding steroid dienone is 1. The van der Waals surface area contributed by atoms with Crippen molar-refractivity contribution in [1.82, 2.24) is 4.90 Å². The molecule has 1 aliphatic rings. The quantitative estimate of drug-likeness (QED) is 0.328. The Morgan fingerprint density at radius 2 is 1.78 bits per heavy atom. The number of carbonyl (C=O) groups is 1. The van der Waals surface area contributed by atoms with Crippen molar-refractivity contribution in [2.75, 3.05) is 26.2 Å². The summed E-state index contributed by atoms with van der Waals surface area (Å²) in [7, 11) is 0. The number of ketones is 1. The normalized spacial score (nSPS) is 14.3. The van der Waals surface area contributed by atoms with Gasteiger partial charge in [-0.2, -0.15) is 0 Å². The van der Waals surface area contributed by atoms with Crippen molar-refractivity contribution in [2.24, 2.45) is 0 Å². The van der Waals surface area contributed by atoms with Gasteiger partial charge >= 0.3 is 0 Å². The fourth-order valence-electron chi connectivity index (χ4n) is 3.07. The number of ether oxygens (including phenoxy) is 1. The molecule has 5 heteroatoms. The molecule has 27 heavy (non-hydrogen) atoms. The molecule has 0 N–H and O–H groups in total. The monoisotopic (exact) mass is 405 g/mol. The van der Waals surface area contributed by atoms with E-state index in [1.807, 2.05) is 36.4 Å². The molecule has 1 heterocycles. The van der Waals surface area contributed by atoms with Crippen LogP contribution in [0.4, 0.5) is 0 Å². The van der Waals surface area contributed by atoms with E-state index >= 15 is 0 Å². The lowest BCUT2D eigenvalue weighted by Gasteiger charge is -2.14. The minimum absolute atomic E-state index is 0. The number of halogens is 2. The van der Waals surface area contributed by atoms with Crippen LogP contribution in [0.25, 0.3) is 6.08 Å². The summed E-state index contributed by atoms with van der Waals surface area (Å²) < 4.78 is 5.77. The van der Waals surface area contributed by atoms with Crippen LogP contribution in [0, 0.1) is 0 Å². The van der Waals surface area contributed by atoms with E-state index in [0.29, 0.717) is 17.2 Å². The summed E-state index contributed by atoms with van der Waals surface area (Å²) in [5.74, 6) is 0.753. The number of hydrogen-bond donors (Lipinski definition) is 0. The fraction of sp³-hybridized carbons (Fsp3) is 0.318. The van der Waals surface area contributed by atoms with Crippen LogP contribution in [-0.2, 0) is 0 Å². The van der Waals surface area contributed by atoms with Crippen LogP contribution < -0.4 is 4.74 Å². The van der Waals surface area contributed by atoms with Gasteiger partial charge in [-0.25, -0.2) is 0 Å². The predicted molar refractivity (Wildman–Crippen MR) is 114 cm³/mol. The summed E-state index contributed by atoms with van der Waals surface area (Å²) in [5, 5.41) is 0.634. The Bertz CT molecular complexity index is 753. The zero-order valence-corrected chi connectivity index (χ0v) is 16.8. The lowest BCUT2D eigenvalue weighted by Crippen LogP contribution is -2.21. The standard InChI is InChI=1S/C22H24ClNO2.ClH/c23-21-7-2-1-6-18(21)10-13-22(25)19-8-11-20(12-9-19)26-17-5-16-24-14-3-4-15-24;/h1-2,6-13H,3-5,14-17H2;1H/b13-10+;. The molecule has 2 aromatic rings. The summed E-state index contributed by atoms with van der Waals surface area (Å²) in [6, 6.07) is 14.8. The first-order valence-electron chi connectivity index (χ1n) is 9.14. The van der Waals surface area contributed by atoms with Crippen LogP contribution in [0.5, 0.6) is 5.75 Å². The molecular weight excluding hydrogens is 381 g/mol. The molecule has 0 atom stereocenters. The number of carbonyl (C=O) groups excluding carboxylic acids is 1. The van der Waals surface area contributed by atoms with E-state index in [9.17, 15) is 4.79 Å². The van der Waals surface area contributed by atoms with Gasteiger partial charge in [-0.3, -0.25) is 4.79 Å². The molecule has 0 saturated carbocycles. The molecule has 0 bridgehead atoms. The molecule has 0 radical (unpaired) electrons. The lowest BCUT2D eigenvalue weighted by atomic mass is 10.1. The zero-order chi connectivity index (χ0) is 18.2. The Morgan fingerprint density at radius 3 is 2.48 bits per heavy atom. The Hall–Kier alpha value is -1.81. The highest BCUT2D eigenvalue weighted by molar-refractivity contribution is 6.32. The fourth-order valence-corrected chi connectivity index (χ4v) is 3.27. The van der Waals surface area contributed by atoms with Crippen molar-refractivity contribution in [1.29, 1.82) is 0 Å². The maximum Gasteiger partial charge on any atom is 0.185 e. The first-order valence-corrected chi connectivity index (χ1v) is 9.52. The van der Waals surface area contributed by atoms with E-state index in [4.69, 9.17) is 16.3 Å². The molecule has 1 saturated heterocycles. The Morgan fingerprint density at radius 1 is 1.07 bits per heavy atom. The summed E-state index contributed by atoms with van der Waals surface area (Å²) in [4.78, 5) is 14.8. The average molecular weight is 406 g/mol. The second kappa shape index (κ2) is 11.1. The molecule has 2 aromatic carbocycles. The van der Waals surface area contributed by atoms with Gasteiger partial charge in [0, 0.05) is 17.1 Å². The van der Waals surface area contributed by atoms with E-state index in [0.717, 1.165) is 24.3 Å². The van der Waals surface area contributed by atoms with Crippen LogP contribution in [0.3, 0.4) is 0 Å². The predicted octanol–water partition coefficient (Wildman–Crippen LogP) is 5.52. The van der Waals surface area contributed by atoms with Gasteiger partial charge in [0.1, 0.15) is 5.75 Å². The molecule has 144 valence electrons. The minimum Gasteiger partial charge on any atom is -0.494 e. The van der Waals surface area contributed by atoms with E-state index in [1.165, 1.54) is 25.9 Å².